The smallest absolute Gasteiger partial charge is 0.251 e. The molecule has 1 unspecified atom stereocenters. The second-order valence-corrected chi connectivity index (χ2v) is 8.29. The third-order valence-electron chi connectivity index (χ3n) is 4.67. The van der Waals surface area contributed by atoms with E-state index in [0.717, 1.165) is 22.4 Å². The lowest BCUT2D eigenvalue weighted by molar-refractivity contribution is -0.116. The molecule has 2 aromatic heterocycles. The molecule has 10 heteroatoms. The molecule has 4 rings (SSSR count). The molecule has 0 saturated heterocycles. The number of nitrogens with zero attached hydrogens (tertiary/aromatic N) is 3. The second-order valence-electron chi connectivity index (χ2n) is 7.29. The van der Waals surface area contributed by atoms with Gasteiger partial charge in [0.2, 0.25) is 11.8 Å². The van der Waals surface area contributed by atoms with Crippen molar-refractivity contribution >= 4 is 38.5 Å². The minimum absolute atomic E-state index is 0.0906. The first-order chi connectivity index (χ1) is 16.0. The number of carbonyl (C=O) groups excluding carboxylic acids is 2. The Bertz CT molecular complexity index is 1250. The maximum absolute atomic E-state index is 12.8. The minimum Gasteiger partial charge on any atom is -0.492 e. The lowest BCUT2D eigenvalue weighted by atomic mass is 10.1. The first kappa shape index (κ1) is 22.4. The number of ether oxygens (including phenoxy) is 1. The number of hydrogen-bond donors (Lipinski definition) is 2. The van der Waals surface area contributed by atoms with Crippen molar-refractivity contribution in [3.63, 3.8) is 0 Å². The summed E-state index contributed by atoms with van der Waals surface area (Å²) in [7, 11) is 0. The van der Waals surface area contributed by atoms with Crippen LogP contribution in [0.5, 0.6) is 5.75 Å². The molecule has 2 N–H and O–H groups in total. The van der Waals surface area contributed by atoms with Crippen molar-refractivity contribution in [3.05, 3.63) is 65.8 Å². The number of hydrogen-bond acceptors (Lipinski definition) is 8. The van der Waals surface area contributed by atoms with Gasteiger partial charge < -0.3 is 19.9 Å². The molecule has 0 aliphatic carbocycles. The van der Waals surface area contributed by atoms with Crippen LogP contribution in [0.1, 0.15) is 47.9 Å². The molecular weight excluding hydrogens is 442 g/mol. The molecule has 2 amide bonds. The second kappa shape index (κ2) is 10.2. The van der Waals surface area contributed by atoms with E-state index < -0.39 is 6.04 Å². The summed E-state index contributed by atoms with van der Waals surface area (Å²) in [5.74, 6) is 0.628. The molecule has 2 heterocycles. The Kier molecular flexibility index (Phi) is 6.94. The van der Waals surface area contributed by atoms with Crippen LogP contribution in [0.3, 0.4) is 0 Å². The molecule has 0 aliphatic heterocycles. The molecule has 0 radical (unpaired) electrons. The Morgan fingerprint density at radius 1 is 1.12 bits per heavy atom. The van der Waals surface area contributed by atoms with Crippen LogP contribution in [0.4, 0.5) is 5.13 Å². The van der Waals surface area contributed by atoms with Crippen LogP contribution in [0.25, 0.3) is 10.2 Å². The van der Waals surface area contributed by atoms with E-state index in [4.69, 9.17) is 9.26 Å². The van der Waals surface area contributed by atoms with Gasteiger partial charge in [-0.15, -0.1) is 0 Å². The molecular formula is C23H23N5O4S. The van der Waals surface area contributed by atoms with Crippen LogP contribution < -0.4 is 15.4 Å². The standard InChI is InChI=1S/C23H23N5O4S/c1-3-12-31-18-11-7-10-16-20(18)33-23(26-16)27-19(29)13-17(21-24-14(2)32-28-21)25-22(30)15-8-5-4-6-9-15/h4-11,17H,3,12-13H2,1-2H3,(H,25,30)(H,26,27,29). The summed E-state index contributed by atoms with van der Waals surface area (Å²) >= 11 is 1.34. The van der Waals surface area contributed by atoms with Crippen molar-refractivity contribution in [2.75, 3.05) is 11.9 Å². The van der Waals surface area contributed by atoms with E-state index >= 15 is 0 Å². The molecule has 0 aliphatic rings. The number of benzene rings is 2. The molecule has 9 nitrogen and oxygen atoms in total. The molecule has 33 heavy (non-hydrogen) atoms. The third kappa shape index (κ3) is 5.53. The summed E-state index contributed by atoms with van der Waals surface area (Å²) in [4.78, 5) is 34.2. The van der Waals surface area contributed by atoms with Gasteiger partial charge in [0.05, 0.1) is 23.2 Å². The number of aryl methyl sites for hydroxylation is 1. The molecule has 0 fully saturated rings. The molecule has 1 atom stereocenters. The Morgan fingerprint density at radius 2 is 1.94 bits per heavy atom. The van der Waals surface area contributed by atoms with Crippen LogP contribution in [-0.4, -0.2) is 33.5 Å². The third-order valence-corrected chi connectivity index (χ3v) is 5.67. The topological polar surface area (TPSA) is 119 Å². The first-order valence-electron chi connectivity index (χ1n) is 10.5. The van der Waals surface area contributed by atoms with Crippen LogP contribution in [0, 0.1) is 6.92 Å². The lowest BCUT2D eigenvalue weighted by Gasteiger charge is -2.15. The van der Waals surface area contributed by atoms with E-state index in [-0.39, 0.29) is 24.1 Å². The van der Waals surface area contributed by atoms with Crippen molar-refractivity contribution in [1.29, 1.82) is 0 Å². The first-order valence-corrected chi connectivity index (χ1v) is 11.3. The van der Waals surface area contributed by atoms with Gasteiger partial charge in [0.25, 0.3) is 5.91 Å². The van der Waals surface area contributed by atoms with Crippen molar-refractivity contribution in [2.24, 2.45) is 0 Å². The molecule has 4 aromatic rings. The highest BCUT2D eigenvalue weighted by molar-refractivity contribution is 7.22. The van der Waals surface area contributed by atoms with E-state index in [1.807, 2.05) is 31.2 Å². The summed E-state index contributed by atoms with van der Waals surface area (Å²) < 4.78 is 11.7. The zero-order valence-corrected chi connectivity index (χ0v) is 19.0. The molecule has 0 spiro atoms. The van der Waals surface area contributed by atoms with Gasteiger partial charge in [-0.3, -0.25) is 9.59 Å². The number of carbonyl (C=O) groups is 2. The summed E-state index contributed by atoms with van der Waals surface area (Å²) in [5.41, 5.74) is 1.21. The van der Waals surface area contributed by atoms with Gasteiger partial charge >= 0.3 is 0 Å². The van der Waals surface area contributed by atoms with Crippen molar-refractivity contribution < 1.29 is 18.8 Å². The summed E-state index contributed by atoms with van der Waals surface area (Å²) in [6.07, 6.45) is 0.803. The van der Waals surface area contributed by atoms with Gasteiger partial charge in [0.15, 0.2) is 11.0 Å². The Hall–Kier alpha value is -3.79. The summed E-state index contributed by atoms with van der Waals surface area (Å²) in [6.45, 7) is 4.29. The molecule has 0 saturated carbocycles. The van der Waals surface area contributed by atoms with E-state index in [9.17, 15) is 9.59 Å². The van der Waals surface area contributed by atoms with Crippen molar-refractivity contribution in [3.8, 4) is 5.75 Å². The maximum Gasteiger partial charge on any atom is 0.251 e. The predicted octanol–water partition coefficient (Wildman–Crippen LogP) is 4.28. The van der Waals surface area contributed by atoms with Gasteiger partial charge in [0, 0.05) is 12.5 Å². The van der Waals surface area contributed by atoms with Gasteiger partial charge in [-0.2, -0.15) is 4.98 Å². The number of fused-ring (bicyclic) bond motifs is 1. The number of amides is 2. The average molecular weight is 466 g/mol. The number of aromatic nitrogens is 3. The van der Waals surface area contributed by atoms with Crippen LogP contribution in [-0.2, 0) is 4.79 Å². The Labute approximate surface area is 194 Å². The van der Waals surface area contributed by atoms with E-state index in [1.165, 1.54) is 11.3 Å². The molecule has 0 bridgehead atoms. The normalized spacial score (nSPS) is 11.8. The SMILES string of the molecule is CCCOc1cccc2nc(NC(=O)CC(NC(=O)c3ccccc3)c3noc(C)n3)sc12. The maximum atomic E-state index is 12.8. The zero-order chi connectivity index (χ0) is 23.2. The van der Waals surface area contributed by atoms with Crippen LogP contribution >= 0.6 is 11.3 Å². The van der Waals surface area contributed by atoms with E-state index in [2.05, 4.69) is 25.8 Å². The number of thiazole rings is 1. The Morgan fingerprint density at radius 3 is 2.67 bits per heavy atom. The van der Waals surface area contributed by atoms with E-state index in [0.29, 0.717) is 23.2 Å². The summed E-state index contributed by atoms with van der Waals surface area (Å²) in [6, 6.07) is 13.6. The fraction of sp³-hybridized carbons (Fsp3) is 0.261. The largest absolute Gasteiger partial charge is 0.492 e. The highest BCUT2D eigenvalue weighted by atomic mass is 32.1. The quantitative estimate of drug-likeness (QED) is 0.379. The monoisotopic (exact) mass is 465 g/mol. The predicted molar refractivity (Wildman–Crippen MR) is 124 cm³/mol. The Balaban J connectivity index is 1.49. The lowest BCUT2D eigenvalue weighted by Crippen LogP contribution is -2.32. The highest BCUT2D eigenvalue weighted by Crippen LogP contribution is 2.34. The van der Waals surface area contributed by atoms with Crippen LogP contribution in [0.2, 0.25) is 0 Å². The number of nitrogens with one attached hydrogen (secondary N) is 2. The fourth-order valence-corrected chi connectivity index (χ4v) is 4.10. The highest BCUT2D eigenvalue weighted by Gasteiger charge is 2.24. The minimum atomic E-state index is -0.770. The fourth-order valence-electron chi connectivity index (χ4n) is 3.15. The van der Waals surface area contributed by atoms with Crippen molar-refractivity contribution in [1.82, 2.24) is 20.4 Å². The van der Waals surface area contributed by atoms with Gasteiger partial charge in [-0.05, 0) is 30.7 Å². The van der Waals surface area contributed by atoms with Gasteiger partial charge in [-0.1, -0.05) is 47.7 Å². The van der Waals surface area contributed by atoms with Crippen molar-refractivity contribution in [2.45, 2.75) is 32.7 Å². The molecule has 170 valence electrons. The molecule has 2 aromatic carbocycles. The summed E-state index contributed by atoms with van der Waals surface area (Å²) in [5, 5.41) is 9.96. The zero-order valence-electron chi connectivity index (χ0n) is 18.2. The number of anilines is 1. The van der Waals surface area contributed by atoms with Crippen LogP contribution in [0.15, 0.2) is 53.1 Å². The van der Waals surface area contributed by atoms with E-state index in [1.54, 1.807) is 31.2 Å². The van der Waals surface area contributed by atoms with Gasteiger partial charge in [0.1, 0.15) is 11.8 Å². The number of rotatable bonds is 9. The average Bonchev–Trinajstić information content (AvgIpc) is 3.43. The van der Waals surface area contributed by atoms with Gasteiger partial charge in [-0.25, -0.2) is 4.98 Å².